The van der Waals surface area contributed by atoms with Crippen LogP contribution >= 0.6 is 11.3 Å². The lowest BCUT2D eigenvalue weighted by Crippen LogP contribution is -2.41. The molecule has 2 aromatic heterocycles. The highest BCUT2D eigenvalue weighted by atomic mass is 32.1. The van der Waals surface area contributed by atoms with Crippen molar-refractivity contribution < 1.29 is 9.59 Å². The number of carbonyl (C=O) groups excluding carboxylic acids is 2. The summed E-state index contributed by atoms with van der Waals surface area (Å²) in [7, 11) is 0. The highest BCUT2D eigenvalue weighted by molar-refractivity contribution is 7.10. The summed E-state index contributed by atoms with van der Waals surface area (Å²) in [6, 6.07) is 15.1. The number of aromatic nitrogens is 2. The summed E-state index contributed by atoms with van der Waals surface area (Å²) < 4.78 is 1.77. The van der Waals surface area contributed by atoms with Crippen molar-refractivity contribution in [1.82, 2.24) is 20.4 Å². The maximum atomic E-state index is 12.1. The molecule has 0 saturated heterocycles. The molecule has 3 aromatic rings. The molecule has 0 aliphatic rings. The Morgan fingerprint density at radius 1 is 1.04 bits per heavy atom. The number of carbonyl (C=O) groups is 2. The number of hydrogen-bond donors (Lipinski definition) is 2. The van der Waals surface area contributed by atoms with E-state index in [4.69, 9.17) is 0 Å². The smallest absolute Gasteiger partial charge is 0.309 e. The van der Waals surface area contributed by atoms with Crippen LogP contribution in [0.5, 0.6) is 0 Å². The molecule has 0 aliphatic carbocycles. The first-order valence-corrected chi connectivity index (χ1v) is 8.74. The average molecular weight is 354 g/mol. The topological polar surface area (TPSA) is 76.0 Å². The zero-order chi connectivity index (χ0) is 17.5. The molecule has 25 heavy (non-hydrogen) atoms. The van der Waals surface area contributed by atoms with Gasteiger partial charge in [0.2, 0.25) is 0 Å². The van der Waals surface area contributed by atoms with Gasteiger partial charge in [0.05, 0.1) is 0 Å². The van der Waals surface area contributed by atoms with Crippen LogP contribution in [0.15, 0.2) is 66.3 Å². The van der Waals surface area contributed by atoms with Gasteiger partial charge >= 0.3 is 11.8 Å². The summed E-state index contributed by atoms with van der Waals surface area (Å²) in [5, 5.41) is 11.5. The Balaban J connectivity index is 1.55. The Kier molecular flexibility index (Phi) is 5.58. The van der Waals surface area contributed by atoms with E-state index in [0.29, 0.717) is 13.1 Å². The van der Waals surface area contributed by atoms with Crippen LogP contribution < -0.4 is 10.6 Å². The van der Waals surface area contributed by atoms with E-state index in [0.717, 1.165) is 10.4 Å². The minimum Gasteiger partial charge on any atom is -0.345 e. The Bertz CT molecular complexity index is 767. The van der Waals surface area contributed by atoms with Crippen LogP contribution in [0.25, 0.3) is 0 Å². The van der Waals surface area contributed by atoms with E-state index in [9.17, 15) is 9.59 Å². The molecule has 2 amide bonds. The first kappa shape index (κ1) is 16.9. The van der Waals surface area contributed by atoms with Crippen LogP contribution in [0.3, 0.4) is 0 Å². The number of nitrogens with one attached hydrogen (secondary N) is 2. The molecular formula is C18H18N4O2S. The van der Waals surface area contributed by atoms with Gasteiger partial charge in [-0.15, -0.1) is 11.3 Å². The number of rotatable bonds is 6. The monoisotopic (exact) mass is 354 g/mol. The van der Waals surface area contributed by atoms with E-state index in [1.807, 2.05) is 60.1 Å². The van der Waals surface area contributed by atoms with Crippen LogP contribution in [0.2, 0.25) is 0 Å². The normalized spacial score (nSPS) is 11.7. The number of thiophene rings is 1. The van der Waals surface area contributed by atoms with Crippen molar-refractivity contribution in [1.29, 1.82) is 0 Å². The number of amides is 2. The first-order valence-electron chi connectivity index (χ1n) is 7.86. The summed E-state index contributed by atoms with van der Waals surface area (Å²) in [6.45, 7) is 0.611. The van der Waals surface area contributed by atoms with E-state index < -0.39 is 11.8 Å². The van der Waals surface area contributed by atoms with Crippen LogP contribution in [0.4, 0.5) is 0 Å². The molecule has 0 radical (unpaired) electrons. The molecule has 0 fully saturated rings. The molecule has 1 aromatic carbocycles. The van der Waals surface area contributed by atoms with Gasteiger partial charge in [0.1, 0.15) is 6.04 Å². The fraction of sp³-hybridized carbons (Fsp3) is 0.167. The van der Waals surface area contributed by atoms with Crippen LogP contribution in [0, 0.1) is 0 Å². The third-order valence-corrected chi connectivity index (χ3v) is 4.65. The molecule has 1 atom stereocenters. The van der Waals surface area contributed by atoms with Gasteiger partial charge in [0, 0.05) is 30.4 Å². The van der Waals surface area contributed by atoms with E-state index in [1.54, 1.807) is 22.2 Å². The molecule has 0 aliphatic heterocycles. The van der Waals surface area contributed by atoms with Gasteiger partial charge in [0.25, 0.3) is 0 Å². The van der Waals surface area contributed by atoms with Crippen LogP contribution in [-0.4, -0.2) is 28.1 Å². The van der Waals surface area contributed by atoms with E-state index in [1.165, 1.54) is 0 Å². The first-order chi connectivity index (χ1) is 12.2. The third-order valence-electron chi connectivity index (χ3n) is 3.67. The lowest BCUT2D eigenvalue weighted by Gasteiger charge is -2.17. The molecule has 128 valence electrons. The molecule has 0 saturated carbocycles. The molecule has 7 heteroatoms. The fourth-order valence-corrected chi connectivity index (χ4v) is 3.22. The van der Waals surface area contributed by atoms with Crippen molar-refractivity contribution in [3.8, 4) is 0 Å². The fourth-order valence-electron chi connectivity index (χ4n) is 2.40. The summed E-state index contributed by atoms with van der Waals surface area (Å²) in [4.78, 5) is 25.1. The van der Waals surface area contributed by atoms with Gasteiger partial charge in [-0.05, 0) is 23.1 Å². The van der Waals surface area contributed by atoms with Crippen LogP contribution in [0.1, 0.15) is 16.5 Å². The second-order valence-corrected chi connectivity index (χ2v) is 6.37. The van der Waals surface area contributed by atoms with Crippen molar-refractivity contribution in [3.63, 3.8) is 0 Å². The van der Waals surface area contributed by atoms with Crippen LogP contribution in [-0.2, 0) is 16.1 Å². The maximum absolute atomic E-state index is 12.1. The second-order valence-electron chi connectivity index (χ2n) is 5.40. The predicted molar refractivity (Wildman–Crippen MR) is 96.0 cm³/mol. The third kappa shape index (κ3) is 4.54. The minimum atomic E-state index is -0.648. The van der Waals surface area contributed by atoms with Gasteiger partial charge in [-0.1, -0.05) is 36.4 Å². The highest BCUT2D eigenvalue weighted by Crippen LogP contribution is 2.21. The standard InChI is InChI=1S/C18H18N4O2S/c23-17(19-12-14-6-2-1-3-7-14)18(24)20-13-15(16-8-4-11-25-16)22-10-5-9-21-22/h1-11,15H,12-13H2,(H,19,23)(H,20,24). The van der Waals surface area contributed by atoms with Gasteiger partial charge in [0.15, 0.2) is 0 Å². The zero-order valence-corrected chi connectivity index (χ0v) is 14.3. The average Bonchev–Trinajstić information content (AvgIpc) is 3.35. The molecule has 0 bridgehead atoms. The molecule has 6 nitrogen and oxygen atoms in total. The molecule has 3 rings (SSSR count). The number of hydrogen-bond acceptors (Lipinski definition) is 4. The Morgan fingerprint density at radius 2 is 1.84 bits per heavy atom. The second kappa shape index (κ2) is 8.25. The van der Waals surface area contributed by atoms with Gasteiger partial charge in [-0.25, -0.2) is 0 Å². The Morgan fingerprint density at radius 3 is 2.52 bits per heavy atom. The quantitative estimate of drug-likeness (QED) is 0.665. The van der Waals surface area contributed by atoms with Gasteiger partial charge in [-0.2, -0.15) is 5.10 Å². The summed E-state index contributed by atoms with van der Waals surface area (Å²) in [6.07, 6.45) is 3.53. The summed E-state index contributed by atoms with van der Waals surface area (Å²) in [5.41, 5.74) is 0.941. The minimum absolute atomic E-state index is 0.138. The Labute approximate surface area is 149 Å². The largest absolute Gasteiger partial charge is 0.345 e. The lowest BCUT2D eigenvalue weighted by atomic mass is 10.2. The molecular weight excluding hydrogens is 336 g/mol. The predicted octanol–water partition coefficient (Wildman–Crippen LogP) is 1.97. The van der Waals surface area contributed by atoms with Crippen molar-refractivity contribution in [2.45, 2.75) is 12.6 Å². The molecule has 2 N–H and O–H groups in total. The summed E-state index contributed by atoms with van der Waals surface area (Å²) >= 11 is 1.58. The molecule has 0 spiro atoms. The number of benzene rings is 1. The van der Waals surface area contributed by atoms with E-state index in [2.05, 4.69) is 15.7 Å². The summed E-state index contributed by atoms with van der Waals surface area (Å²) in [5.74, 6) is -1.29. The van der Waals surface area contributed by atoms with Crippen molar-refractivity contribution in [3.05, 3.63) is 76.7 Å². The van der Waals surface area contributed by atoms with E-state index in [-0.39, 0.29) is 6.04 Å². The Hall–Kier alpha value is -2.93. The van der Waals surface area contributed by atoms with Gasteiger partial charge < -0.3 is 10.6 Å². The van der Waals surface area contributed by atoms with E-state index >= 15 is 0 Å². The lowest BCUT2D eigenvalue weighted by molar-refractivity contribution is -0.139. The molecule has 1 unspecified atom stereocenters. The molecule has 2 heterocycles. The SMILES string of the molecule is O=C(NCc1ccccc1)C(=O)NCC(c1cccs1)n1cccn1. The van der Waals surface area contributed by atoms with Gasteiger partial charge in [-0.3, -0.25) is 14.3 Å². The number of nitrogens with zero attached hydrogens (tertiary/aromatic N) is 2. The zero-order valence-electron chi connectivity index (χ0n) is 13.5. The van der Waals surface area contributed by atoms with Crippen molar-refractivity contribution in [2.24, 2.45) is 0 Å². The van der Waals surface area contributed by atoms with Crippen molar-refractivity contribution in [2.75, 3.05) is 6.54 Å². The van der Waals surface area contributed by atoms with Crippen molar-refractivity contribution >= 4 is 23.2 Å². The highest BCUT2D eigenvalue weighted by Gasteiger charge is 2.19. The maximum Gasteiger partial charge on any atom is 0.309 e.